The molecule has 15 nitrogen and oxygen atoms in total. The minimum absolute atomic E-state index is 0.257. The number of rotatable bonds is 16. The molecule has 6 aromatic rings. The van der Waals surface area contributed by atoms with Gasteiger partial charge in [0.1, 0.15) is 37.8 Å². The molecule has 0 radical (unpaired) electrons. The Morgan fingerprint density at radius 2 is 1.08 bits per heavy atom. The molecule has 2 heterocycles. The topological polar surface area (TPSA) is 181 Å². The van der Waals surface area contributed by atoms with Crippen LogP contribution >= 0.6 is 0 Å². The van der Waals surface area contributed by atoms with Crippen molar-refractivity contribution in [2.45, 2.75) is 13.8 Å². The summed E-state index contributed by atoms with van der Waals surface area (Å²) in [5.41, 5.74) is 6.76. The number of fused-ring (bicyclic) bond motifs is 2. The predicted molar refractivity (Wildman–Crippen MR) is 195 cm³/mol. The number of aryl methyl sites for hydroxylation is 2. The quantitative estimate of drug-likeness (QED) is 0.0360. The van der Waals surface area contributed by atoms with Gasteiger partial charge in [0.25, 0.3) is 0 Å². The normalized spacial score (nSPS) is 11.5. The Balaban J connectivity index is 0.998. The highest BCUT2D eigenvalue weighted by molar-refractivity contribution is 5.93. The highest BCUT2D eigenvalue weighted by atomic mass is 16.5. The maximum absolute atomic E-state index is 9.84. The maximum atomic E-state index is 9.84. The highest BCUT2D eigenvalue weighted by Gasteiger charge is 2.09. The molecule has 0 aliphatic carbocycles. The van der Waals surface area contributed by atoms with Crippen LogP contribution in [-0.4, -0.2) is 79.9 Å². The Bertz CT molecular complexity index is 1990. The van der Waals surface area contributed by atoms with Gasteiger partial charge in [-0.3, -0.25) is 10.0 Å². The fraction of sp³-hybridized carbons (Fsp3) is 0.222. The second-order valence-electron chi connectivity index (χ2n) is 11.6. The number of hydrogen-bond donors (Lipinski definition) is 4. The number of hydrogen-bond acceptors (Lipinski definition) is 13. The minimum Gasteiger partial charge on any atom is -0.378 e. The van der Waals surface area contributed by atoms with E-state index in [0.29, 0.717) is 23.0 Å². The van der Waals surface area contributed by atoms with Crippen molar-refractivity contribution in [2.24, 2.45) is 20.7 Å². The maximum Gasteiger partial charge on any atom is 0.141 e. The van der Waals surface area contributed by atoms with Gasteiger partial charge in [0.15, 0.2) is 0 Å². The number of nitrogens with one attached hydrogen (secondary N) is 2. The molecule has 0 unspecified atom stereocenters. The van der Waals surface area contributed by atoms with Gasteiger partial charge in [-0.2, -0.15) is 0 Å². The van der Waals surface area contributed by atoms with Crippen LogP contribution in [-0.2, 0) is 4.74 Å². The number of ether oxygens (including phenoxy) is 1. The Morgan fingerprint density at radius 1 is 0.608 bits per heavy atom. The van der Waals surface area contributed by atoms with Gasteiger partial charge in [-0.05, 0) is 85.6 Å². The molecule has 0 bridgehead atoms. The lowest BCUT2D eigenvalue weighted by Gasteiger charge is -2.16. The van der Waals surface area contributed by atoms with Crippen LogP contribution in [0.5, 0.6) is 0 Å². The molecule has 0 atom stereocenters. The van der Waals surface area contributed by atoms with Crippen LogP contribution in [0.2, 0.25) is 0 Å². The Kier molecular flexibility index (Phi) is 11.5. The van der Waals surface area contributed by atoms with E-state index >= 15 is 0 Å². The fourth-order valence-electron chi connectivity index (χ4n) is 5.09. The van der Waals surface area contributed by atoms with Crippen molar-refractivity contribution in [2.75, 3.05) is 50.4 Å². The van der Waals surface area contributed by atoms with E-state index in [1.165, 1.54) is 22.7 Å². The Morgan fingerprint density at radius 3 is 1.51 bits per heavy atom. The smallest absolute Gasteiger partial charge is 0.141 e. The third kappa shape index (κ3) is 9.51. The van der Waals surface area contributed by atoms with Crippen molar-refractivity contribution >= 4 is 56.2 Å². The Labute approximate surface area is 294 Å². The molecule has 0 saturated heterocycles. The van der Waals surface area contributed by atoms with Crippen LogP contribution in [0, 0.1) is 13.8 Å². The van der Waals surface area contributed by atoms with Crippen molar-refractivity contribution in [1.29, 1.82) is 0 Å². The lowest BCUT2D eigenvalue weighted by molar-refractivity contribution is 0.0314. The largest absolute Gasteiger partial charge is 0.378 e. The summed E-state index contributed by atoms with van der Waals surface area (Å²) in [7, 11) is 0. The van der Waals surface area contributed by atoms with E-state index in [1.807, 2.05) is 86.6 Å². The summed E-state index contributed by atoms with van der Waals surface area (Å²) in [6.07, 6.45) is 3.03. The van der Waals surface area contributed by atoms with Gasteiger partial charge in [0.2, 0.25) is 0 Å². The summed E-state index contributed by atoms with van der Waals surface area (Å²) in [5, 5.41) is 47.7. The first-order valence-corrected chi connectivity index (χ1v) is 16.3. The number of anilines is 4. The summed E-state index contributed by atoms with van der Waals surface area (Å²) >= 11 is 0. The lowest BCUT2D eigenvalue weighted by atomic mass is 10.2. The summed E-state index contributed by atoms with van der Waals surface area (Å²) in [5.74, 6) is 1.30. The van der Waals surface area contributed by atoms with Crippen LogP contribution in [0.25, 0.3) is 21.8 Å². The number of benzene rings is 4. The van der Waals surface area contributed by atoms with Crippen LogP contribution in [0.3, 0.4) is 0 Å². The van der Waals surface area contributed by atoms with Gasteiger partial charge in [-0.25, -0.2) is 19.9 Å². The molecule has 2 aromatic heterocycles. The SMILES string of the molecule is Cc1cccc(Nc2ncnc3ccc(/N=N\N(CO)CCOCCN(CO)/N=N/c4ccc5ncnc(Nc6cccc(C)c6)c5c4)cc23)c1. The van der Waals surface area contributed by atoms with Crippen LogP contribution in [0.15, 0.2) is 118 Å². The Hall–Kier alpha value is -6.16. The summed E-state index contributed by atoms with van der Waals surface area (Å²) in [4.78, 5) is 17.5. The van der Waals surface area contributed by atoms with E-state index in [2.05, 4.69) is 51.2 Å². The summed E-state index contributed by atoms with van der Waals surface area (Å²) in [6.45, 7) is 4.45. The van der Waals surface area contributed by atoms with Crippen molar-refractivity contribution in [3.05, 3.63) is 109 Å². The third-order valence-corrected chi connectivity index (χ3v) is 7.69. The van der Waals surface area contributed by atoms with Crippen LogP contribution < -0.4 is 10.6 Å². The van der Waals surface area contributed by atoms with E-state index in [1.54, 1.807) is 12.1 Å². The second kappa shape index (κ2) is 17.0. The van der Waals surface area contributed by atoms with Crippen molar-refractivity contribution < 1.29 is 14.9 Å². The van der Waals surface area contributed by atoms with Gasteiger partial charge in [0, 0.05) is 22.1 Å². The van der Waals surface area contributed by atoms with Crippen molar-refractivity contribution in [1.82, 2.24) is 30.0 Å². The molecule has 0 spiro atoms. The average molecular weight is 687 g/mol. The molecular weight excluding hydrogens is 648 g/mol. The van der Waals surface area contributed by atoms with E-state index in [9.17, 15) is 10.2 Å². The monoisotopic (exact) mass is 686 g/mol. The average Bonchev–Trinajstić information content (AvgIpc) is 3.14. The molecule has 0 aliphatic rings. The number of aromatic nitrogens is 4. The van der Waals surface area contributed by atoms with Gasteiger partial charge in [-0.15, -0.1) is 10.2 Å². The van der Waals surface area contributed by atoms with Crippen molar-refractivity contribution in [3.8, 4) is 0 Å². The van der Waals surface area contributed by atoms with E-state index in [4.69, 9.17) is 4.74 Å². The number of nitrogens with zero attached hydrogens (tertiary/aromatic N) is 10. The molecule has 6 rings (SSSR count). The number of aliphatic hydroxyl groups is 2. The molecule has 4 N–H and O–H groups in total. The van der Waals surface area contributed by atoms with Crippen molar-refractivity contribution in [3.63, 3.8) is 0 Å². The van der Waals surface area contributed by atoms with Crippen LogP contribution in [0.4, 0.5) is 34.4 Å². The zero-order valence-corrected chi connectivity index (χ0v) is 28.3. The molecule has 4 aromatic carbocycles. The summed E-state index contributed by atoms with van der Waals surface area (Å²) < 4.78 is 5.72. The molecular formula is C36H38N12O3. The highest BCUT2D eigenvalue weighted by Crippen LogP contribution is 2.29. The first-order chi connectivity index (χ1) is 25.0. The summed E-state index contributed by atoms with van der Waals surface area (Å²) in [6, 6.07) is 27.0. The van der Waals surface area contributed by atoms with E-state index in [0.717, 1.165) is 44.3 Å². The van der Waals surface area contributed by atoms with Gasteiger partial charge in [-0.1, -0.05) is 34.7 Å². The van der Waals surface area contributed by atoms with E-state index < -0.39 is 0 Å². The fourth-order valence-corrected chi connectivity index (χ4v) is 5.09. The van der Waals surface area contributed by atoms with E-state index in [-0.39, 0.29) is 39.8 Å². The molecule has 0 fully saturated rings. The molecule has 15 heteroatoms. The minimum atomic E-state index is -0.348. The number of aliphatic hydroxyl groups excluding tert-OH is 2. The van der Waals surface area contributed by atoms with Gasteiger partial charge in [0.05, 0.1) is 48.7 Å². The van der Waals surface area contributed by atoms with Gasteiger partial charge < -0.3 is 25.6 Å². The molecule has 0 saturated carbocycles. The molecule has 0 aliphatic heterocycles. The zero-order valence-electron chi connectivity index (χ0n) is 28.3. The first kappa shape index (κ1) is 34.7. The van der Waals surface area contributed by atoms with Gasteiger partial charge >= 0.3 is 0 Å². The predicted octanol–water partition coefficient (Wildman–Crippen LogP) is 6.89. The first-order valence-electron chi connectivity index (χ1n) is 16.3. The molecule has 51 heavy (non-hydrogen) atoms. The second-order valence-corrected chi connectivity index (χ2v) is 11.6. The molecule has 0 amide bonds. The van der Waals surface area contributed by atoms with Crippen LogP contribution in [0.1, 0.15) is 11.1 Å². The third-order valence-electron chi connectivity index (χ3n) is 7.69. The standard InChI is InChI=1S/C36H38N12O3/c1-25-5-3-7-27(17-25)41-35-31-19-29(9-11-33(31)37-21-39-35)43-45-47(23-49)13-15-51-16-14-48(24-50)46-44-30-10-12-34-32(20-30)36(40-22-38-34)42-28-8-4-6-26(2)18-28/h3-12,17-22,49-50H,13-16,23-24H2,1-2H3,(H,37,39,41)(H,38,40,42)/b45-43-,46-44+. The zero-order chi connectivity index (χ0) is 35.4. The lowest BCUT2D eigenvalue weighted by Crippen LogP contribution is -2.26. The molecule has 260 valence electrons.